The minimum Gasteiger partial charge on any atom is -0.455 e. The van der Waals surface area contributed by atoms with Gasteiger partial charge in [0.05, 0.1) is 0 Å². The van der Waals surface area contributed by atoms with Gasteiger partial charge in [0, 0.05) is 120 Å². The second-order valence-corrected chi connectivity index (χ2v) is 39.4. The van der Waals surface area contributed by atoms with Crippen LogP contribution in [0.15, 0.2) is 585 Å². The Balaban J connectivity index is 0.000000112. The van der Waals surface area contributed by atoms with Crippen molar-refractivity contribution in [2.45, 2.75) is 0 Å². The summed E-state index contributed by atoms with van der Waals surface area (Å²) in [6.45, 7) is 0. The zero-order valence-corrected chi connectivity index (χ0v) is 82.7. The number of hydrogen-bond donors (Lipinski definition) is 0. The lowest BCUT2D eigenvalue weighted by Crippen LogP contribution is -2.10. The summed E-state index contributed by atoms with van der Waals surface area (Å²) in [6.07, 6.45) is 0. The van der Waals surface area contributed by atoms with Crippen LogP contribution in [-0.4, -0.2) is 0 Å². The van der Waals surface area contributed by atoms with Gasteiger partial charge in [-0.05, 0) is 254 Å². The van der Waals surface area contributed by atoms with Gasteiger partial charge in [-0.2, -0.15) is 0 Å². The molecule has 5 nitrogen and oxygen atoms in total. The highest BCUT2D eigenvalue weighted by Crippen LogP contribution is 2.51. The molecule has 0 N–H and O–H groups in total. The molecular weight excluding hydrogens is 1840 g/mol. The summed E-state index contributed by atoms with van der Waals surface area (Å²) in [5, 5.41) is 21.9. The van der Waals surface area contributed by atoms with Gasteiger partial charge in [-0.15, -0.1) is 11.3 Å². The standard InChI is InChI=1S/C56H37NO.C50H33NO.C38H25NS/c1-3-11-38(12-4-1)40-21-23-41(24-22-40)43-29-34-48(35-30-43)57(47-32-27-42(28-33-47)39-13-5-2-6-14-39)49-17-9-16-46(37-49)51-19-10-20-52-53-36-31-45-26-25-44-15-7-8-18-50(44)54(45)56(53)58-55(51)52;1-3-12-34(13-4-1)38-15-9-16-39(32-38)35-26-29-42(30-27-35)51(41-18-5-2-6-19-41)43-20-10-17-40(33-43)45-22-11-23-46-47-31-28-37-25-24-36-14-7-8-21-44(36)48(37)50(47)52-49(45)46;1-3-13-29(14-4-1)39(30-15-5-2-6-16-30)31-17-9-12-28(25-31)33-19-10-20-34-35-24-23-27-22-21-26-11-7-8-18-32(26)36(27)38(35)40-37(33)34/h1-37H;1-33H;1-25H. The van der Waals surface area contributed by atoms with E-state index in [1.165, 1.54) is 141 Å². The second-order valence-electron chi connectivity index (χ2n) is 38.4. The maximum atomic E-state index is 6.96. The smallest absolute Gasteiger partial charge is 0.143 e. The molecule has 0 saturated heterocycles. The van der Waals surface area contributed by atoms with E-state index in [4.69, 9.17) is 8.83 Å². The lowest BCUT2D eigenvalue weighted by atomic mass is 9.98. The molecule has 0 unspecified atom stereocenters. The first kappa shape index (κ1) is 89.4. The van der Waals surface area contributed by atoms with E-state index in [2.05, 4.69) is 591 Å². The number of fused-ring (bicyclic) bond motifs is 21. The Kier molecular flexibility index (Phi) is 23.2. The van der Waals surface area contributed by atoms with E-state index in [0.717, 1.165) is 128 Å². The molecule has 0 aliphatic heterocycles. The van der Waals surface area contributed by atoms with Crippen LogP contribution >= 0.6 is 11.3 Å². The van der Waals surface area contributed by atoms with Gasteiger partial charge in [0.2, 0.25) is 0 Å². The predicted octanol–water partition coefficient (Wildman–Crippen LogP) is 41.9. The molecule has 150 heavy (non-hydrogen) atoms. The molecule has 0 radical (unpaired) electrons. The molecule has 0 saturated carbocycles. The molecule has 0 aliphatic rings. The lowest BCUT2D eigenvalue weighted by Gasteiger charge is -2.26. The summed E-state index contributed by atoms with van der Waals surface area (Å²) in [5.41, 5.74) is 32.4. The van der Waals surface area contributed by atoms with Crippen LogP contribution in [0.25, 0.3) is 218 Å². The van der Waals surface area contributed by atoms with Crippen molar-refractivity contribution in [3.8, 4) is 89.0 Å². The van der Waals surface area contributed by atoms with Crippen LogP contribution in [0.5, 0.6) is 0 Å². The summed E-state index contributed by atoms with van der Waals surface area (Å²) in [7, 11) is 0. The molecule has 3 heterocycles. The van der Waals surface area contributed by atoms with Gasteiger partial charge in [-0.1, -0.05) is 449 Å². The Labute approximate surface area is 873 Å². The Bertz CT molecular complexity index is 10100. The largest absolute Gasteiger partial charge is 0.455 e. The van der Waals surface area contributed by atoms with E-state index in [0.29, 0.717) is 0 Å². The van der Waals surface area contributed by atoms with Gasteiger partial charge in [0.1, 0.15) is 22.3 Å². The van der Waals surface area contributed by atoms with Crippen LogP contribution < -0.4 is 14.7 Å². The summed E-state index contributed by atoms with van der Waals surface area (Å²) >= 11 is 1.92. The van der Waals surface area contributed by atoms with Crippen LogP contribution in [0, 0.1) is 0 Å². The molecule has 0 fully saturated rings. The van der Waals surface area contributed by atoms with Gasteiger partial charge >= 0.3 is 0 Å². The van der Waals surface area contributed by atoms with E-state index in [1.54, 1.807) is 0 Å². The fourth-order valence-corrected chi connectivity index (χ4v) is 23.7. The van der Waals surface area contributed by atoms with E-state index < -0.39 is 0 Å². The van der Waals surface area contributed by atoms with Gasteiger partial charge in [0.15, 0.2) is 0 Å². The maximum Gasteiger partial charge on any atom is 0.143 e. The Morgan fingerprint density at radius 1 is 0.127 bits per heavy atom. The quantitative estimate of drug-likeness (QED) is 0.0849. The zero-order valence-electron chi connectivity index (χ0n) is 81.9. The fourth-order valence-electron chi connectivity index (χ4n) is 22.3. The number of nitrogens with zero attached hydrogens (tertiary/aromatic N) is 3. The average Bonchev–Trinajstić information content (AvgIpc) is 1.58. The zero-order chi connectivity index (χ0) is 99.3. The monoisotopic (exact) mass is 1930 g/mol. The highest BCUT2D eigenvalue weighted by atomic mass is 32.1. The van der Waals surface area contributed by atoms with Crippen molar-refractivity contribution in [3.05, 3.63) is 576 Å². The highest BCUT2D eigenvalue weighted by Gasteiger charge is 2.25. The van der Waals surface area contributed by atoms with Crippen molar-refractivity contribution in [2.24, 2.45) is 0 Å². The first-order chi connectivity index (χ1) is 74.4. The average molecular weight is 1930 g/mol. The van der Waals surface area contributed by atoms with Crippen LogP contribution in [0.2, 0.25) is 0 Å². The van der Waals surface area contributed by atoms with Crippen molar-refractivity contribution in [3.63, 3.8) is 0 Å². The number of anilines is 9. The van der Waals surface area contributed by atoms with Crippen LogP contribution in [0.4, 0.5) is 51.2 Å². The molecule has 0 bridgehead atoms. The Hall–Kier alpha value is -19.5. The van der Waals surface area contributed by atoms with Crippen molar-refractivity contribution >= 4 is 191 Å². The number of rotatable bonds is 17. The molecule has 29 aromatic rings. The van der Waals surface area contributed by atoms with E-state index in [1.807, 2.05) is 11.3 Å². The molecule has 29 rings (SSSR count). The molecular formula is C144H95N3O2S. The molecule has 0 spiro atoms. The normalized spacial score (nSPS) is 11.5. The number of benzene rings is 26. The van der Waals surface area contributed by atoms with Gasteiger partial charge in [-0.25, -0.2) is 0 Å². The van der Waals surface area contributed by atoms with E-state index in [-0.39, 0.29) is 0 Å². The predicted molar refractivity (Wildman–Crippen MR) is 639 cm³/mol. The summed E-state index contributed by atoms with van der Waals surface area (Å²) in [6, 6.07) is 207. The SMILES string of the molecule is c1ccc(-c2ccc(-c3ccc(N(c4ccc(-c5ccccc5)cc4)c4cccc(-c5cccc6c5oc5c6ccc6ccc7ccccc7c65)c4)cc3)cc2)cc1.c1ccc(-c2cccc(-c3ccc(N(c4ccccc4)c4cccc(-c5cccc6c5oc5c6ccc6ccc7ccccc7c65)c4)cc3)c2)cc1.c1ccc(N(c2ccccc2)c2cccc(-c3cccc4c3sc3c4ccc4ccc5ccccc5c43)c2)cc1. The van der Waals surface area contributed by atoms with Gasteiger partial charge in [0.25, 0.3) is 0 Å². The van der Waals surface area contributed by atoms with Crippen molar-refractivity contribution in [1.82, 2.24) is 0 Å². The van der Waals surface area contributed by atoms with Gasteiger partial charge in [-0.3, -0.25) is 0 Å². The highest BCUT2D eigenvalue weighted by molar-refractivity contribution is 7.27. The fraction of sp³-hybridized carbons (Fsp3) is 0. The number of para-hydroxylation sites is 5. The molecule has 704 valence electrons. The van der Waals surface area contributed by atoms with Crippen LogP contribution in [0.3, 0.4) is 0 Å². The Morgan fingerprint density at radius 2 is 0.360 bits per heavy atom. The minimum absolute atomic E-state index is 0.900. The van der Waals surface area contributed by atoms with Gasteiger partial charge < -0.3 is 23.5 Å². The Morgan fingerprint density at radius 3 is 0.753 bits per heavy atom. The molecule has 0 aliphatic carbocycles. The summed E-state index contributed by atoms with van der Waals surface area (Å²) in [5.74, 6) is 0. The number of hydrogen-bond acceptors (Lipinski definition) is 6. The topological polar surface area (TPSA) is 36.0 Å². The third kappa shape index (κ3) is 16.7. The number of furan rings is 2. The van der Waals surface area contributed by atoms with Crippen molar-refractivity contribution in [2.75, 3.05) is 14.7 Å². The molecule has 6 heteroatoms. The maximum absolute atomic E-state index is 6.96. The van der Waals surface area contributed by atoms with E-state index >= 15 is 0 Å². The lowest BCUT2D eigenvalue weighted by molar-refractivity contribution is 0.673. The third-order valence-electron chi connectivity index (χ3n) is 29.5. The first-order valence-corrected chi connectivity index (χ1v) is 52.0. The van der Waals surface area contributed by atoms with E-state index in [9.17, 15) is 0 Å². The molecule has 0 amide bonds. The third-order valence-corrected chi connectivity index (χ3v) is 30.8. The van der Waals surface area contributed by atoms with Crippen LogP contribution in [-0.2, 0) is 0 Å². The molecule has 3 aromatic heterocycles. The minimum atomic E-state index is 0.900. The number of thiophene rings is 1. The van der Waals surface area contributed by atoms with Crippen LogP contribution in [0.1, 0.15) is 0 Å². The summed E-state index contributed by atoms with van der Waals surface area (Å²) in [4.78, 5) is 7.00. The molecule has 0 atom stereocenters. The second kappa shape index (κ2) is 38.9. The first-order valence-electron chi connectivity index (χ1n) is 51.2. The van der Waals surface area contributed by atoms with Crippen molar-refractivity contribution < 1.29 is 8.83 Å². The van der Waals surface area contributed by atoms with Crippen molar-refractivity contribution in [1.29, 1.82) is 0 Å². The molecule has 26 aromatic carbocycles. The summed E-state index contributed by atoms with van der Waals surface area (Å²) < 4.78 is 16.6.